The van der Waals surface area contributed by atoms with Crippen LogP contribution in [-0.2, 0) is 27.4 Å². The van der Waals surface area contributed by atoms with Gasteiger partial charge in [0.05, 0.1) is 17.1 Å². The van der Waals surface area contributed by atoms with Crippen LogP contribution >= 0.6 is 22.9 Å². The van der Waals surface area contributed by atoms with Crippen molar-refractivity contribution in [3.05, 3.63) is 70.2 Å². The van der Waals surface area contributed by atoms with Crippen LogP contribution in [0.1, 0.15) is 18.2 Å². The van der Waals surface area contributed by atoms with Gasteiger partial charge in [-0.1, -0.05) is 41.9 Å². The summed E-state index contributed by atoms with van der Waals surface area (Å²) in [5, 5.41) is 5.96. The lowest BCUT2D eigenvalue weighted by Crippen LogP contribution is -2.09. The van der Waals surface area contributed by atoms with E-state index < -0.39 is 0 Å². The van der Waals surface area contributed by atoms with Gasteiger partial charge in [-0.05, 0) is 23.8 Å². The van der Waals surface area contributed by atoms with E-state index in [1.54, 1.807) is 24.3 Å². The lowest BCUT2D eigenvalue weighted by atomic mass is 10.1. The SMILES string of the molecule is CC(=O)Nc1ccc(CC(=O)OCc2csc(-c3ccccc3Cl)n2)cc1. The highest BCUT2D eigenvalue weighted by atomic mass is 35.5. The molecule has 1 amide bonds. The smallest absolute Gasteiger partial charge is 0.310 e. The molecule has 27 heavy (non-hydrogen) atoms. The third-order valence-corrected chi connectivity index (χ3v) is 4.91. The molecule has 0 saturated heterocycles. The molecule has 138 valence electrons. The molecular weight excluding hydrogens is 384 g/mol. The number of hydrogen-bond acceptors (Lipinski definition) is 5. The fraction of sp³-hybridized carbons (Fsp3) is 0.150. The largest absolute Gasteiger partial charge is 0.459 e. The number of carbonyl (C=O) groups is 2. The Morgan fingerprint density at radius 2 is 1.89 bits per heavy atom. The van der Waals surface area contributed by atoms with Crippen LogP contribution in [0.3, 0.4) is 0 Å². The molecule has 0 fully saturated rings. The van der Waals surface area contributed by atoms with Gasteiger partial charge >= 0.3 is 5.97 Å². The van der Waals surface area contributed by atoms with Crippen molar-refractivity contribution in [3.8, 4) is 10.6 Å². The minimum Gasteiger partial charge on any atom is -0.459 e. The number of rotatable bonds is 6. The van der Waals surface area contributed by atoms with E-state index in [1.807, 2.05) is 29.6 Å². The molecule has 1 aromatic heterocycles. The van der Waals surface area contributed by atoms with Crippen molar-refractivity contribution in [3.63, 3.8) is 0 Å². The molecule has 2 aromatic carbocycles. The zero-order valence-corrected chi connectivity index (χ0v) is 16.1. The summed E-state index contributed by atoms with van der Waals surface area (Å²) in [6.45, 7) is 1.56. The summed E-state index contributed by atoms with van der Waals surface area (Å²) in [6.07, 6.45) is 0.155. The first kappa shape index (κ1) is 19.1. The molecule has 3 rings (SSSR count). The minimum atomic E-state index is -0.338. The average molecular weight is 401 g/mol. The van der Waals surface area contributed by atoms with Crippen LogP contribution in [0.2, 0.25) is 5.02 Å². The van der Waals surface area contributed by atoms with Crippen molar-refractivity contribution in [1.82, 2.24) is 4.98 Å². The summed E-state index contributed by atoms with van der Waals surface area (Å²) in [7, 11) is 0. The summed E-state index contributed by atoms with van der Waals surface area (Å²) < 4.78 is 5.31. The van der Waals surface area contributed by atoms with Gasteiger partial charge in [0.1, 0.15) is 11.6 Å². The highest BCUT2D eigenvalue weighted by molar-refractivity contribution is 7.13. The quantitative estimate of drug-likeness (QED) is 0.608. The van der Waals surface area contributed by atoms with Gasteiger partial charge < -0.3 is 10.1 Å². The summed E-state index contributed by atoms with van der Waals surface area (Å²) in [6, 6.07) is 14.6. The van der Waals surface area contributed by atoms with Crippen molar-refractivity contribution < 1.29 is 14.3 Å². The molecule has 0 unspecified atom stereocenters. The normalized spacial score (nSPS) is 10.4. The van der Waals surface area contributed by atoms with E-state index in [2.05, 4.69) is 10.3 Å². The molecule has 0 saturated carbocycles. The van der Waals surface area contributed by atoms with Gasteiger partial charge in [-0.2, -0.15) is 0 Å². The summed E-state index contributed by atoms with van der Waals surface area (Å²) in [5.74, 6) is -0.476. The Morgan fingerprint density at radius 1 is 1.15 bits per heavy atom. The number of thiazole rings is 1. The lowest BCUT2D eigenvalue weighted by Gasteiger charge is -2.05. The third kappa shape index (κ3) is 5.39. The minimum absolute atomic E-state index is 0.115. The number of benzene rings is 2. The van der Waals surface area contributed by atoms with E-state index in [0.717, 1.165) is 16.1 Å². The predicted octanol–water partition coefficient (Wildman–Crippen LogP) is 4.71. The Balaban J connectivity index is 1.54. The van der Waals surface area contributed by atoms with Crippen LogP contribution in [0, 0.1) is 0 Å². The zero-order valence-electron chi connectivity index (χ0n) is 14.6. The van der Waals surface area contributed by atoms with Gasteiger partial charge in [0.2, 0.25) is 5.91 Å². The summed E-state index contributed by atoms with van der Waals surface area (Å²) in [5.41, 5.74) is 3.05. The van der Waals surface area contributed by atoms with Crippen molar-refractivity contribution in [1.29, 1.82) is 0 Å². The molecule has 0 atom stereocenters. The standard InChI is InChI=1S/C20H17ClN2O3S/c1-13(24)22-15-8-6-14(7-9-15)10-19(25)26-11-16-12-27-20(23-16)17-4-2-3-5-18(17)21/h2-9,12H,10-11H2,1H3,(H,22,24). The van der Waals surface area contributed by atoms with Crippen LogP contribution in [0.4, 0.5) is 5.69 Å². The molecule has 0 aliphatic carbocycles. The Labute approximate surface area is 166 Å². The number of hydrogen-bond donors (Lipinski definition) is 1. The van der Waals surface area contributed by atoms with E-state index in [1.165, 1.54) is 18.3 Å². The van der Waals surface area contributed by atoms with E-state index in [4.69, 9.17) is 16.3 Å². The van der Waals surface area contributed by atoms with Gasteiger partial charge in [0.15, 0.2) is 0 Å². The van der Waals surface area contributed by atoms with E-state index >= 15 is 0 Å². The molecule has 1 N–H and O–H groups in total. The lowest BCUT2D eigenvalue weighted by molar-refractivity contribution is -0.144. The number of nitrogens with one attached hydrogen (secondary N) is 1. The second kappa shape index (κ2) is 8.79. The number of nitrogens with zero attached hydrogens (tertiary/aromatic N) is 1. The fourth-order valence-corrected chi connectivity index (χ4v) is 3.54. The van der Waals surface area contributed by atoms with Gasteiger partial charge in [0.25, 0.3) is 0 Å². The zero-order chi connectivity index (χ0) is 19.2. The van der Waals surface area contributed by atoms with E-state index in [0.29, 0.717) is 16.4 Å². The molecule has 1 heterocycles. The highest BCUT2D eigenvalue weighted by Crippen LogP contribution is 2.30. The number of aromatic nitrogens is 1. The molecule has 0 bridgehead atoms. The monoisotopic (exact) mass is 400 g/mol. The highest BCUT2D eigenvalue weighted by Gasteiger charge is 2.10. The first-order chi connectivity index (χ1) is 13.0. The van der Waals surface area contributed by atoms with Crippen molar-refractivity contribution >= 4 is 40.5 Å². The topological polar surface area (TPSA) is 68.3 Å². The molecule has 0 radical (unpaired) electrons. The Kier molecular flexibility index (Phi) is 6.21. The third-order valence-electron chi connectivity index (χ3n) is 3.66. The van der Waals surface area contributed by atoms with Crippen molar-refractivity contribution in [2.45, 2.75) is 20.0 Å². The fourth-order valence-electron chi connectivity index (χ4n) is 2.41. The average Bonchev–Trinajstić information content (AvgIpc) is 3.10. The molecule has 7 heteroatoms. The van der Waals surface area contributed by atoms with Crippen LogP contribution in [-0.4, -0.2) is 16.9 Å². The maximum absolute atomic E-state index is 12.0. The van der Waals surface area contributed by atoms with Gasteiger partial charge in [0, 0.05) is 23.6 Å². The summed E-state index contributed by atoms with van der Waals surface area (Å²) >= 11 is 7.64. The van der Waals surface area contributed by atoms with Gasteiger partial charge in [-0.25, -0.2) is 4.98 Å². The van der Waals surface area contributed by atoms with Crippen LogP contribution < -0.4 is 5.32 Å². The molecule has 5 nitrogen and oxygen atoms in total. The first-order valence-corrected chi connectivity index (χ1v) is 9.48. The molecular formula is C20H17ClN2O3S. The predicted molar refractivity (Wildman–Crippen MR) is 107 cm³/mol. The van der Waals surface area contributed by atoms with Gasteiger partial charge in [-0.15, -0.1) is 11.3 Å². The number of carbonyl (C=O) groups excluding carboxylic acids is 2. The number of esters is 1. The number of amides is 1. The maximum atomic E-state index is 12.0. The van der Waals surface area contributed by atoms with E-state index in [-0.39, 0.29) is 24.9 Å². The first-order valence-electron chi connectivity index (χ1n) is 8.23. The van der Waals surface area contributed by atoms with Crippen LogP contribution in [0.5, 0.6) is 0 Å². The number of ether oxygens (including phenoxy) is 1. The number of halogens is 1. The van der Waals surface area contributed by atoms with Crippen molar-refractivity contribution in [2.24, 2.45) is 0 Å². The van der Waals surface area contributed by atoms with Crippen molar-refractivity contribution in [2.75, 3.05) is 5.32 Å². The molecule has 0 spiro atoms. The number of anilines is 1. The Hall–Kier alpha value is -2.70. The maximum Gasteiger partial charge on any atom is 0.310 e. The van der Waals surface area contributed by atoms with Crippen LogP contribution in [0.15, 0.2) is 53.9 Å². The van der Waals surface area contributed by atoms with E-state index in [9.17, 15) is 9.59 Å². The molecule has 3 aromatic rings. The van der Waals surface area contributed by atoms with Crippen LogP contribution in [0.25, 0.3) is 10.6 Å². The Morgan fingerprint density at radius 3 is 2.59 bits per heavy atom. The second-order valence-corrected chi connectivity index (χ2v) is 7.10. The summed E-state index contributed by atoms with van der Waals surface area (Å²) in [4.78, 5) is 27.5. The van der Waals surface area contributed by atoms with Gasteiger partial charge in [-0.3, -0.25) is 9.59 Å². The second-order valence-electron chi connectivity index (χ2n) is 5.84. The molecule has 0 aliphatic heterocycles. The molecule has 0 aliphatic rings. The Bertz CT molecular complexity index is 954.